The summed E-state index contributed by atoms with van der Waals surface area (Å²) in [7, 11) is 3.61. The Balaban J connectivity index is 1.60. The summed E-state index contributed by atoms with van der Waals surface area (Å²) in [4.78, 5) is 10.0. The van der Waals surface area contributed by atoms with Gasteiger partial charge in [0.15, 0.2) is 5.82 Å². The van der Waals surface area contributed by atoms with Crippen LogP contribution >= 0.6 is 11.3 Å². The lowest BCUT2D eigenvalue weighted by molar-refractivity contribution is 0.144. The molecule has 6 nitrogen and oxygen atoms in total. The predicted octanol–water partition coefficient (Wildman–Crippen LogP) is 2.88. The van der Waals surface area contributed by atoms with Crippen molar-refractivity contribution >= 4 is 11.3 Å². The van der Waals surface area contributed by atoms with Crippen LogP contribution in [0.15, 0.2) is 22.0 Å². The minimum atomic E-state index is -0.759. The fraction of sp³-hybridized carbons (Fsp3) is 0.647. The van der Waals surface area contributed by atoms with E-state index in [9.17, 15) is 4.39 Å². The molecule has 2 aromatic rings. The second kappa shape index (κ2) is 8.35. The molecule has 1 aliphatic rings. The number of ether oxygens (including phenoxy) is 1. The van der Waals surface area contributed by atoms with Crippen LogP contribution in [0.1, 0.15) is 36.0 Å². The van der Waals surface area contributed by atoms with Gasteiger partial charge in [0.1, 0.15) is 12.8 Å². The molecule has 3 heterocycles. The molecule has 1 fully saturated rings. The summed E-state index contributed by atoms with van der Waals surface area (Å²) in [6.07, 6.45) is -0.188. The minimum Gasteiger partial charge on any atom is -0.377 e. The van der Waals surface area contributed by atoms with Crippen molar-refractivity contribution in [2.75, 3.05) is 27.2 Å². The summed E-state index contributed by atoms with van der Waals surface area (Å²) in [6, 6.07) is 4.31. The average Bonchev–Trinajstić information content (AvgIpc) is 3.30. The van der Waals surface area contributed by atoms with Crippen LogP contribution in [0, 0.1) is 0 Å². The number of thiophene rings is 1. The van der Waals surface area contributed by atoms with E-state index in [4.69, 9.17) is 9.26 Å². The van der Waals surface area contributed by atoms with E-state index in [-0.39, 0.29) is 12.1 Å². The van der Waals surface area contributed by atoms with Gasteiger partial charge in [-0.2, -0.15) is 4.98 Å². The van der Waals surface area contributed by atoms with E-state index in [1.807, 2.05) is 20.0 Å². The zero-order valence-electron chi connectivity index (χ0n) is 14.9. The zero-order chi connectivity index (χ0) is 17.8. The number of likely N-dealkylation sites (tertiary alicyclic amines) is 1. The first-order chi connectivity index (χ1) is 12.1. The Kier molecular flexibility index (Phi) is 6.16. The maximum atomic E-state index is 14.0. The van der Waals surface area contributed by atoms with E-state index in [1.54, 1.807) is 18.4 Å². The van der Waals surface area contributed by atoms with Gasteiger partial charge in [0.2, 0.25) is 5.89 Å². The van der Waals surface area contributed by atoms with Gasteiger partial charge >= 0.3 is 0 Å². The molecule has 0 saturated carbocycles. The van der Waals surface area contributed by atoms with Gasteiger partial charge in [0.05, 0.1) is 6.04 Å². The lowest BCUT2D eigenvalue weighted by atomic mass is 10.1. The smallest absolute Gasteiger partial charge is 0.243 e. The van der Waals surface area contributed by atoms with E-state index in [0.29, 0.717) is 31.3 Å². The highest BCUT2D eigenvalue weighted by molar-refractivity contribution is 7.09. The van der Waals surface area contributed by atoms with Crippen LogP contribution in [0.25, 0.3) is 0 Å². The molecular formula is C17H25FN4O2S. The number of hydrogen-bond donors (Lipinski definition) is 0. The van der Waals surface area contributed by atoms with Crippen molar-refractivity contribution in [3.05, 3.63) is 34.1 Å². The Bertz CT molecular complexity index is 651. The van der Waals surface area contributed by atoms with Gasteiger partial charge in [-0.25, -0.2) is 4.39 Å². The third-order valence-electron chi connectivity index (χ3n) is 4.69. The van der Waals surface area contributed by atoms with Crippen LogP contribution < -0.4 is 0 Å². The highest BCUT2D eigenvalue weighted by atomic mass is 32.1. The molecule has 0 radical (unpaired) electrons. The van der Waals surface area contributed by atoms with E-state index in [2.05, 4.69) is 31.4 Å². The van der Waals surface area contributed by atoms with Crippen LogP contribution in [-0.2, 0) is 17.9 Å². The number of aromatic nitrogens is 2. The topological polar surface area (TPSA) is 54.6 Å². The number of nitrogens with zero attached hydrogens (tertiary/aromatic N) is 4. The van der Waals surface area contributed by atoms with Crippen molar-refractivity contribution in [2.24, 2.45) is 0 Å². The minimum absolute atomic E-state index is 0.0274. The molecule has 0 spiro atoms. The Morgan fingerprint density at radius 2 is 2.40 bits per heavy atom. The van der Waals surface area contributed by atoms with Crippen molar-refractivity contribution < 1.29 is 13.7 Å². The van der Waals surface area contributed by atoms with Gasteiger partial charge in [-0.3, -0.25) is 9.80 Å². The zero-order valence-corrected chi connectivity index (χ0v) is 15.7. The van der Waals surface area contributed by atoms with Crippen LogP contribution in [-0.4, -0.2) is 59.4 Å². The first kappa shape index (κ1) is 18.4. The average molecular weight is 368 g/mol. The molecule has 0 N–H and O–H groups in total. The summed E-state index contributed by atoms with van der Waals surface area (Å²) in [6.45, 7) is 4.43. The van der Waals surface area contributed by atoms with Gasteiger partial charge in [0.25, 0.3) is 0 Å². The normalized spacial score (nSPS) is 22.8. The largest absolute Gasteiger partial charge is 0.377 e. The van der Waals surface area contributed by atoms with Gasteiger partial charge in [-0.1, -0.05) is 11.2 Å². The van der Waals surface area contributed by atoms with Crippen molar-refractivity contribution in [3.63, 3.8) is 0 Å². The number of hydrogen-bond acceptors (Lipinski definition) is 7. The summed E-state index contributed by atoms with van der Waals surface area (Å²) in [5.74, 6) is 1.11. The number of likely N-dealkylation sites (N-methyl/N-ethyl adjacent to an activating group) is 1. The molecule has 0 aliphatic carbocycles. The molecule has 1 aliphatic heterocycles. The molecule has 3 rings (SSSR count). The number of methoxy groups -OCH3 is 1. The van der Waals surface area contributed by atoms with Crippen LogP contribution in [0.5, 0.6) is 0 Å². The molecule has 25 heavy (non-hydrogen) atoms. The van der Waals surface area contributed by atoms with E-state index in [0.717, 1.165) is 13.1 Å². The van der Waals surface area contributed by atoms with E-state index >= 15 is 0 Å². The number of halogens is 1. The van der Waals surface area contributed by atoms with Gasteiger partial charge in [-0.15, -0.1) is 11.3 Å². The molecule has 3 atom stereocenters. The first-order valence-electron chi connectivity index (χ1n) is 8.49. The lowest BCUT2D eigenvalue weighted by Crippen LogP contribution is -2.39. The Labute approximate surface area is 151 Å². The maximum absolute atomic E-state index is 14.0. The third kappa shape index (κ3) is 4.63. The number of rotatable bonds is 8. The van der Waals surface area contributed by atoms with Crippen LogP contribution in [0.3, 0.4) is 0 Å². The second-order valence-electron chi connectivity index (χ2n) is 6.59. The van der Waals surface area contributed by atoms with Crippen molar-refractivity contribution in [1.82, 2.24) is 19.9 Å². The van der Waals surface area contributed by atoms with Crippen LogP contribution in [0.4, 0.5) is 4.39 Å². The molecule has 0 aromatic carbocycles. The quantitative estimate of drug-likeness (QED) is 0.714. The Morgan fingerprint density at radius 3 is 3.12 bits per heavy atom. The molecule has 8 heteroatoms. The molecule has 0 amide bonds. The first-order valence-corrected chi connectivity index (χ1v) is 9.37. The van der Waals surface area contributed by atoms with Gasteiger partial charge in [-0.05, 0) is 31.8 Å². The maximum Gasteiger partial charge on any atom is 0.243 e. The van der Waals surface area contributed by atoms with Crippen molar-refractivity contribution in [2.45, 2.75) is 44.8 Å². The summed E-state index contributed by atoms with van der Waals surface area (Å²) >= 11 is 1.72. The predicted molar refractivity (Wildman–Crippen MR) is 94.1 cm³/mol. The van der Waals surface area contributed by atoms with Crippen molar-refractivity contribution in [3.8, 4) is 0 Å². The third-order valence-corrected chi connectivity index (χ3v) is 5.55. The second-order valence-corrected chi connectivity index (χ2v) is 7.63. The summed E-state index contributed by atoms with van der Waals surface area (Å²) in [5.41, 5.74) is 0. The molecule has 1 saturated heterocycles. The fourth-order valence-electron chi connectivity index (χ4n) is 3.21. The molecule has 0 bridgehead atoms. The summed E-state index contributed by atoms with van der Waals surface area (Å²) < 4.78 is 24.4. The van der Waals surface area contributed by atoms with Gasteiger partial charge < -0.3 is 9.26 Å². The van der Waals surface area contributed by atoms with Crippen LogP contribution in [0.2, 0.25) is 0 Å². The standard InChI is InChI=1S/C17H25FN4O2S/c1-12(17-19-16(11-23-3)20-24-17)21(2)9-14-7-13(18)8-22(14)10-15-5-4-6-25-15/h4-6,12-14H,7-11H2,1-3H3/t12-,13-,14-/m0/s1. The highest BCUT2D eigenvalue weighted by Crippen LogP contribution is 2.27. The molecular weight excluding hydrogens is 343 g/mol. The van der Waals surface area contributed by atoms with Crippen molar-refractivity contribution in [1.29, 1.82) is 0 Å². The lowest BCUT2D eigenvalue weighted by Gasteiger charge is -2.30. The Hall–Kier alpha value is -1.35. The monoisotopic (exact) mass is 368 g/mol. The van der Waals surface area contributed by atoms with E-state index < -0.39 is 6.17 Å². The SMILES string of the molecule is COCc1noc([C@H](C)N(C)C[C@@H]2C[C@H](F)CN2Cc2cccs2)n1. The molecule has 0 unspecified atom stereocenters. The Morgan fingerprint density at radius 1 is 1.56 bits per heavy atom. The van der Waals surface area contributed by atoms with E-state index in [1.165, 1.54) is 4.88 Å². The molecule has 138 valence electrons. The fourth-order valence-corrected chi connectivity index (χ4v) is 3.94. The number of alkyl halides is 1. The highest BCUT2D eigenvalue weighted by Gasteiger charge is 2.34. The summed E-state index contributed by atoms with van der Waals surface area (Å²) in [5, 5.41) is 5.98. The van der Waals surface area contributed by atoms with Gasteiger partial charge in [0, 0.05) is 37.7 Å². The molecule has 2 aromatic heterocycles.